The second-order valence-corrected chi connectivity index (χ2v) is 8.20. The van der Waals surface area contributed by atoms with E-state index in [9.17, 15) is 23.2 Å². The Balaban J connectivity index is 1.36. The Kier molecular flexibility index (Phi) is 7.06. The molecule has 3 unspecified atom stereocenters. The summed E-state index contributed by atoms with van der Waals surface area (Å²) in [5.74, 6) is -2.51. The van der Waals surface area contributed by atoms with Crippen molar-refractivity contribution in [2.45, 2.75) is 43.4 Å². The number of benzene rings is 2. The molecule has 8 nitrogen and oxygen atoms in total. The van der Waals surface area contributed by atoms with Gasteiger partial charge < -0.3 is 25.2 Å². The van der Waals surface area contributed by atoms with Crippen LogP contribution in [0.25, 0.3) is 11.1 Å². The fourth-order valence-corrected chi connectivity index (χ4v) is 4.44. The van der Waals surface area contributed by atoms with Crippen LogP contribution in [-0.2, 0) is 19.1 Å². The van der Waals surface area contributed by atoms with Crippen molar-refractivity contribution in [3.05, 3.63) is 59.7 Å². The maximum absolute atomic E-state index is 13.1. The van der Waals surface area contributed by atoms with Crippen LogP contribution in [0, 0.1) is 0 Å². The highest BCUT2D eigenvalue weighted by atomic mass is 19.3. The van der Waals surface area contributed by atoms with Crippen LogP contribution < -0.4 is 10.6 Å². The molecule has 0 saturated carbocycles. The average Bonchev–Trinajstić information content (AvgIpc) is 3.39. The monoisotopic (exact) mass is 474 g/mol. The summed E-state index contributed by atoms with van der Waals surface area (Å²) in [6.45, 7) is 0.209. The Morgan fingerprint density at radius 3 is 2.26 bits per heavy atom. The molecule has 0 aromatic heterocycles. The number of nitrogens with one attached hydrogen (secondary N) is 2. The Bertz CT molecular complexity index is 1030. The predicted octanol–water partition coefficient (Wildman–Crippen LogP) is 2.91. The summed E-state index contributed by atoms with van der Waals surface area (Å²) in [4.78, 5) is 35.7. The molecule has 2 aliphatic rings. The highest BCUT2D eigenvalue weighted by Crippen LogP contribution is 2.44. The van der Waals surface area contributed by atoms with Gasteiger partial charge in [0.15, 0.2) is 6.10 Å². The first-order valence-corrected chi connectivity index (χ1v) is 10.9. The second-order valence-electron chi connectivity index (χ2n) is 8.20. The van der Waals surface area contributed by atoms with Crippen molar-refractivity contribution >= 4 is 18.0 Å². The molecule has 2 amide bonds. The molecule has 1 aliphatic carbocycles. The van der Waals surface area contributed by atoms with E-state index in [0.29, 0.717) is 0 Å². The number of carbonyl (C=O) groups excluding carboxylic acids is 2. The first-order valence-electron chi connectivity index (χ1n) is 10.9. The molecular weight excluding hydrogens is 450 g/mol. The maximum atomic E-state index is 13.1. The van der Waals surface area contributed by atoms with Crippen molar-refractivity contribution in [2.24, 2.45) is 0 Å². The second kappa shape index (κ2) is 10.2. The van der Waals surface area contributed by atoms with E-state index in [1.807, 2.05) is 53.8 Å². The molecule has 0 radical (unpaired) electrons. The lowest BCUT2D eigenvalue weighted by atomic mass is 9.98. The number of halogens is 2. The average molecular weight is 474 g/mol. The number of carboxylic acids is 1. The zero-order valence-electron chi connectivity index (χ0n) is 18.1. The molecular formula is C24H24F2N2O6. The van der Waals surface area contributed by atoms with E-state index in [1.54, 1.807) is 0 Å². The number of hydrogen-bond donors (Lipinski definition) is 3. The lowest BCUT2D eigenvalue weighted by Crippen LogP contribution is -2.52. The van der Waals surface area contributed by atoms with Crippen molar-refractivity contribution in [1.29, 1.82) is 0 Å². The van der Waals surface area contributed by atoms with E-state index < -0.39 is 49.0 Å². The highest BCUT2D eigenvalue weighted by Gasteiger charge is 2.38. The smallest absolute Gasteiger partial charge is 0.407 e. The van der Waals surface area contributed by atoms with Crippen molar-refractivity contribution in [1.82, 2.24) is 10.6 Å². The van der Waals surface area contributed by atoms with Crippen LogP contribution in [0.2, 0.25) is 0 Å². The molecule has 2 aromatic carbocycles. The fraction of sp³-hybridized carbons (Fsp3) is 0.375. The van der Waals surface area contributed by atoms with Gasteiger partial charge in [-0.15, -0.1) is 0 Å². The van der Waals surface area contributed by atoms with Crippen molar-refractivity contribution in [3.8, 4) is 11.1 Å². The standard InChI is InChI=1S/C24H24F2N2O6/c25-22(26)19(11-20(29)30)27-23(31)21-18(9-10-33-21)28-24(32)34-12-17-15-7-3-1-5-13(15)14-6-2-4-8-16(14)17/h1-8,17-19,21-22H,9-12H2,(H,27,31)(H,28,32)(H,29,30). The summed E-state index contributed by atoms with van der Waals surface area (Å²) in [6, 6.07) is 13.1. The molecule has 1 saturated heterocycles. The van der Waals surface area contributed by atoms with Gasteiger partial charge in [-0.25, -0.2) is 13.6 Å². The topological polar surface area (TPSA) is 114 Å². The van der Waals surface area contributed by atoms with Gasteiger partial charge in [0, 0.05) is 12.5 Å². The minimum absolute atomic E-state index is 0.0797. The summed E-state index contributed by atoms with van der Waals surface area (Å²) in [6.07, 6.45) is -5.70. The van der Waals surface area contributed by atoms with Crippen LogP contribution >= 0.6 is 0 Å². The summed E-state index contributed by atoms with van der Waals surface area (Å²) in [5, 5.41) is 13.3. The quantitative estimate of drug-likeness (QED) is 0.542. The number of carboxylic acid groups (broad SMARTS) is 1. The van der Waals surface area contributed by atoms with E-state index in [1.165, 1.54) is 0 Å². The van der Waals surface area contributed by atoms with E-state index in [2.05, 4.69) is 5.32 Å². The van der Waals surface area contributed by atoms with Crippen molar-refractivity contribution in [2.75, 3.05) is 13.2 Å². The molecule has 4 rings (SSSR count). The van der Waals surface area contributed by atoms with E-state index >= 15 is 0 Å². The van der Waals surface area contributed by atoms with E-state index in [-0.39, 0.29) is 25.6 Å². The number of aliphatic carboxylic acids is 1. The van der Waals surface area contributed by atoms with Crippen LogP contribution in [0.3, 0.4) is 0 Å². The number of alkyl carbamates (subject to hydrolysis) is 1. The zero-order valence-corrected chi connectivity index (χ0v) is 18.1. The Morgan fingerprint density at radius 1 is 1.06 bits per heavy atom. The molecule has 3 N–H and O–H groups in total. The van der Waals surface area contributed by atoms with Gasteiger partial charge in [-0.3, -0.25) is 9.59 Å². The number of fused-ring (bicyclic) bond motifs is 3. The molecule has 34 heavy (non-hydrogen) atoms. The minimum Gasteiger partial charge on any atom is -0.481 e. The summed E-state index contributed by atoms with van der Waals surface area (Å²) in [5.41, 5.74) is 4.27. The molecule has 1 heterocycles. The van der Waals surface area contributed by atoms with Crippen molar-refractivity contribution < 1.29 is 37.7 Å². The number of hydrogen-bond acceptors (Lipinski definition) is 5. The third kappa shape index (κ3) is 5.01. The number of amides is 2. The van der Waals surface area contributed by atoms with Gasteiger partial charge in [-0.05, 0) is 28.7 Å². The van der Waals surface area contributed by atoms with Crippen LogP contribution in [0.1, 0.15) is 29.9 Å². The third-order valence-corrected chi connectivity index (χ3v) is 6.02. The normalized spacial score (nSPS) is 19.9. The van der Waals surface area contributed by atoms with Gasteiger partial charge in [0.1, 0.15) is 12.6 Å². The summed E-state index contributed by atoms with van der Waals surface area (Å²) in [7, 11) is 0. The largest absolute Gasteiger partial charge is 0.481 e. The predicted molar refractivity (Wildman–Crippen MR) is 117 cm³/mol. The van der Waals surface area contributed by atoms with E-state index in [4.69, 9.17) is 14.6 Å². The van der Waals surface area contributed by atoms with Gasteiger partial charge in [-0.2, -0.15) is 0 Å². The molecule has 1 fully saturated rings. The fourth-order valence-electron chi connectivity index (χ4n) is 4.44. The number of alkyl halides is 2. The zero-order chi connectivity index (χ0) is 24.2. The maximum Gasteiger partial charge on any atom is 0.407 e. The molecule has 2 aromatic rings. The van der Waals surface area contributed by atoms with Crippen molar-refractivity contribution in [3.63, 3.8) is 0 Å². The molecule has 180 valence electrons. The number of ether oxygens (including phenoxy) is 2. The number of rotatable bonds is 8. The van der Waals surface area contributed by atoms with Gasteiger partial charge in [-0.1, -0.05) is 48.5 Å². The van der Waals surface area contributed by atoms with Crippen LogP contribution in [0.4, 0.5) is 13.6 Å². The van der Waals surface area contributed by atoms with Gasteiger partial charge in [0.05, 0.1) is 12.5 Å². The van der Waals surface area contributed by atoms with Gasteiger partial charge >= 0.3 is 12.1 Å². The van der Waals surface area contributed by atoms with Crippen LogP contribution in [0.5, 0.6) is 0 Å². The third-order valence-electron chi connectivity index (χ3n) is 6.02. The highest BCUT2D eigenvalue weighted by molar-refractivity contribution is 5.84. The minimum atomic E-state index is -3.06. The lowest BCUT2D eigenvalue weighted by molar-refractivity contribution is -0.140. The molecule has 3 atom stereocenters. The summed E-state index contributed by atoms with van der Waals surface area (Å²) >= 11 is 0. The number of carbonyl (C=O) groups is 3. The van der Waals surface area contributed by atoms with E-state index in [0.717, 1.165) is 22.3 Å². The molecule has 0 bridgehead atoms. The Labute approximate surface area is 194 Å². The molecule has 0 spiro atoms. The molecule has 1 aliphatic heterocycles. The van der Waals surface area contributed by atoms with Crippen LogP contribution in [-0.4, -0.2) is 60.9 Å². The Hall–Kier alpha value is -3.53. The first kappa shape index (κ1) is 23.6. The summed E-state index contributed by atoms with van der Waals surface area (Å²) < 4.78 is 36.9. The lowest BCUT2D eigenvalue weighted by Gasteiger charge is -2.23. The van der Waals surface area contributed by atoms with Gasteiger partial charge in [0.2, 0.25) is 0 Å². The Morgan fingerprint density at radius 2 is 1.68 bits per heavy atom. The SMILES string of the molecule is O=C(O)CC(NC(=O)C1OCCC1NC(=O)OCC1c2ccccc2-c2ccccc21)C(F)F. The first-order chi connectivity index (χ1) is 16.3. The molecule has 10 heteroatoms. The van der Waals surface area contributed by atoms with Gasteiger partial charge in [0.25, 0.3) is 12.3 Å². The van der Waals surface area contributed by atoms with Crippen LogP contribution in [0.15, 0.2) is 48.5 Å².